The van der Waals surface area contributed by atoms with E-state index in [4.69, 9.17) is 4.74 Å². The van der Waals surface area contributed by atoms with Crippen molar-refractivity contribution in [2.24, 2.45) is 0 Å². The summed E-state index contributed by atoms with van der Waals surface area (Å²) < 4.78 is 4.96. The van der Waals surface area contributed by atoms with E-state index >= 15 is 0 Å². The monoisotopic (exact) mass is 347 g/mol. The van der Waals surface area contributed by atoms with Gasteiger partial charge in [-0.15, -0.1) is 11.3 Å². The van der Waals surface area contributed by atoms with Crippen LogP contribution in [0.15, 0.2) is 24.3 Å². The fourth-order valence-electron chi connectivity index (χ4n) is 2.32. The van der Waals surface area contributed by atoms with E-state index < -0.39 is 0 Å². The molecule has 0 aliphatic heterocycles. The summed E-state index contributed by atoms with van der Waals surface area (Å²) >= 11 is 1.59. The van der Waals surface area contributed by atoms with Gasteiger partial charge in [0.15, 0.2) is 0 Å². The fraction of sp³-hybridized carbons (Fsp3) is 0.444. The first-order valence-electron chi connectivity index (χ1n) is 8.10. The Balaban J connectivity index is 1.90. The number of hydrogen-bond acceptors (Lipinski definition) is 5. The minimum absolute atomic E-state index is 0.0283. The van der Waals surface area contributed by atoms with Crippen molar-refractivity contribution < 1.29 is 9.53 Å². The van der Waals surface area contributed by atoms with Crippen LogP contribution in [0.3, 0.4) is 0 Å². The van der Waals surface area contributed by atoms with Crippen molar-refractivity contribution in [2.45, 2.75) is 20.3 Å². The number of rotatable bonds is 9. The SMILES string of the molecule is COCCNCCNC(=O)Cc1sc(C)nc1-c1ccc(C)cc1. The lowest BCUT2D eigenvalue weighted by atomic mass is 10.1. The third-order valence-electron chi connectivity index (χ3n) is 3.56. The predicted octanol–water partition coefficient (Wildman–Crippen LogP) is 2.32. The molecule has 5 nitrogen and oxygen atoms in total. The first-order valence-corrected chi connectivity index (χ1v) is 8.91. The van der Waals surface area contributed by atoms with Crippen LogP contribution in [0.1, 0.15) is 15.4 Å². The molecular weight excluding hydrogens is 322 g/mol. The number of aryl methyl sites for hydroxylation is 2. The molecular formula is C18H25N3O2S. The second-order valence-electron chi connectivity index (χ2n) is 5.64. The molecule has 0 aliphatic rings. The van der Waals surface area contributed by atoms with Crippen LogP contribution in [-0.2, 0) is 16.0 Å². The Morgan fingerprint density at radius 1 is 1.17 bits per heavy atom. The molecule has 0 atom stereocenters. The van der Waals surface area contributed by atoms with Crippen LogP contribution >= 0.6 is 11.3 Å². The summed E-state index contributed by atoms with van der Waals surface area (Å²) in [5.41, 5.74) is 3.20. The number of nitrogens with zero attached hydrogens (tertiary/aromatic N) is 1. The molecule has 0 unspecified atom stereocenters. The first kappa shape index (κ1) is 18.6. The molecule has 2 rings (SSSR count). The zero-order valence-corrected chi connectivity index (χ0v) is 15.3. The van der Waals surface area contributed by atoms with E-state index in [2.05, 4.69) is 46.8 Å². The second kappa shape index (κ2) is 9.52. The summed E-state index contributed by atoms with van der Waals surface area (Å²) in [5.74, 6) is 0.0283. The van der Waals surface area contributed by atoms with E-state index in [9.17, 15) is 4.79 Å². The first-order chi connectivity index (χ1) is 11.6. The molecule has 0 radical (unpaired) electrons. The number of carbonyl (C=O) groups excluding carboxylic acids is 1. The quantitative estimate of drug-likeness (QED) is 0.684. The maximum absolute atomic E-state index is 12.2. The van der Waals surface area contributed by atoms with Gasteiger partial charge in [-0.05, 0) is 13.8 Å². The van der Waals surface area contributed by atoms with Gasteiger partial charge in [0.2, 0.25) is 5.91 Å². The van der Waals surface area contributed by atoms with Gasteiger partial charge < -0.3 is 15.4 Å². The molecule has 0 aliphatic carbocycles. The van der Waals surface area contributed by atoms with Crippen LogP contribution < -0.4 is 10.6 Å². The van der Waals surface area contributed by atoms with Gasteiger partial charge in [0.25, 0.3) is 0 Å². The van der Waals surface area contributed by atoms with Gasteiger partial charge in [-0.25, -0.2) is 4.98 Å². The molecule has 6 heteroatoms. The molecule has 2 N–H and O–H groups in total. The number of thiazole rings is 1. The van der Waals surface area contributed by atoms with E-state index in [-0.39, 0.29) is 5.91 Å². The summed E-state index contributed by atoms with van der Waals surface area (Å²) in [4.78, 5) is 17.8. The molecule has 24 heavy (non-hydrogen) atoms. The zero-order valence-electron chi connectivity index (χ0n) is 14.5. The number of hydrogen-bond donors (Lipinski definition) is 2. The maximum atomic E-state index is 12.2. The van der Waals surface area contributed by atoms with E-state index in [0.29, 0.717) is 19.6 Å². The minimum Gasteiger partial charge on any atom is -0.383 e. The second-order valence-corrected chi connectivity index (χ2v) is 6.93. The Labute approximate surface area is 147 Å². The van der Waals surface area contributed by atoms with Crippen LogP contribution in [0.2, 0.25) is 0 Å². The van der Waals surface area contributed by atoms with Crippen LogP contribution in [0.5, 0.6) is 0 Å². The van der Waals surface area contributed by atoms with Gasteiger partial charge in [-0.1, -0.05) is 29.8 Å². The lowest BCUT2D eigenvalue weighted by Crippen LogP contribution is -2.33. The molecule has 0 spiro atoms. The largest absolute Gasteiger partial charge is 0.383 e. The predicted molar refractivity (Wildman–Crippen MR) is 98.5 cm³/mol. The van der Waals surface area contributed by atoms with Gasteiger partial charge in [-0.3, -0.25) is 4.79 Å². The Morgan fingerprint density at radius 2 is 1.92 bits per heavy atom. The number of ether oxygens (including phenoxy) is 1. The highest BCUT2D eigenvalue weighted by atomic mass is 32.1. The minimum atomic E-state index is 0.0283. The summed E-state index contributed by atoms with van der Waals surface area (Å²) in [5, 5.41) is 7.13. The Morgan fingerprint density at radius 3 is 2.62 bits per heavy atom. The molecule has 1 heterocycles. The fourth-order valence-corrected chi connectivity index (χ4v) is 3.28. The van der Waals surface area contributed by atoms with Crippen molar-refractivity contribution in [3.05, 3.63) is 39.7 Å². The van der Waals surface area contributed by atoms with Crippen molar-refractivity contribution in [1.82, 2.24) is 15.6 Å². The molecule has 130 valence electrons. The van der Waals surface area contributed by atoms with Gasteiger partial charge in [-0.2, -0.15) is 0 Å². The number of carbonyl (C=O) groups is 1. The third kappa shape index (κ3) is 5.70. The topological polar surface area (TPSA) is 63.2 Å². The Hall–Kier alpha value is -1.76. The summed E-state index contributed by atoms with van der Waals surface area (Å²) in [6.45, 7) is 6.85. The van der Waals surface area contributed by atoms with Crippen molar-refractivity contribution in [3.63, 3.8) is 0 Å². The van der Waals surface area contributed by atoms with E-state index in [1.807, 2.05) is 6.92 Å². The molecule has 2 aromatic rings. The highest BCUT2D eigenvalue weighted by Crippen LogP contribution is 2.28. The Kier molecular flexibility index (Phi) is 7.36. The lowest BCUT2D eigenvalue weighted by Gasteiger charge is -2.07. The lowest BCUT2D eigenvalue weighted by molar-refractivity contribution is -0.120. The van der Waals surface area contributed by atoms with Crippen LogP contribution in [0.4, 0.5) is 0 Å². The average Bonchev–Trinajstić information content (AvgIpc) is 2.92. The van der Waals surface area contributed by atoms with Gasteiger partial charge in [0.1, 0.15) is 0 Å². The molecule has 1 aromatic carbocycles. The number of methoxy groups -OCH3 is 1. The molecule has 0 saturated heterocycles. The van der Waals surface area contributed by atoms with Crippen LogP contribution in [0, 0.1) is 13.8 Å². The molecule has 0 saturated carbocycles. The van der Waals surface area contributed by atoms with Crippen molar-refractivity contribution >= 4 is 17.2 Å². The zero-order chi connectivity index (χ0) is 17.4. The molecule has 1 amide bonds. The third-order valence-corrected chi connectivity index (χ3v) is 4.53. The van der Waals surface area contributed by atoms with Gasteiger partial charge in [0.05, 0.1) is 23.7 Å². The summed E-state index contributed by atoms with van der Waals surface area (Å²) in [6.07, 6.45) is 0.368. The normalized spacial score (nSPS) is 10.8. The maximum Gasteiger partial charge on any atom is 0.225 e. The number of benzene rings is 1. The van der Waals surface area contributed by atoms with E-state index in [1.165, 1.54) is 5.56 Å². The number of aromatic nitrogens is 1. The Bertz CT molecular complexity index is 653. The van der Waals surface area contributed by atoms with Crippen molar-refractivity contribution in [2.75, 3.05) is 33.4 Å². The van der Waals surface area contributed by atoms with Crippen LogP contribution in [0.25, 0.3) is 11.3 Å². The number of amides is 1. The van der Waals surface area contributed by atoms with Gasteiger partial charge >= 0.3 is 0 Å². The molecule has 0 fully saturated rings. The van der Waals surface area contributed by atoms with Gasteiger partial charge in [0, 0.05) is 37.2 Å². The smallest absolute Gasteiger partial charge is 0.225 e. The summed E-state index contributed by atoms with van der Waals surface area (Å²) in [6, 6.07) is 8.26. The molecule has 0 bridgehead atoms. The average molecular weight is 347 g/mol. The highest BCUT2D eigenvalue weighted by molar-refractivity contribution is 7.12. The van der Waals surface area contributed by atoms with E-state index in [0.717, 1.165) is 34.2 Å². The van der Waals surface area contributed by atoms with E-state index in [1.54, 1.807) is 18.4 Å². The standard InChI is InChI=1S/C18H25N3O2S/c1-13-4-6-15(7-5-13)18-16(24-14(2)21-18)12-17(22)20-9-8-19-10-11-23-3/h4-7,19H,8-12H2,1-3H3,(H,20,22). The summed E-state index contributed by atoms with van der Waals surface area (Å²) in [7, 11) is 1.67. The van der Waals surface area contributed by atoms with Crippen molar-refractivity contribution in [3.8, 4) is 11.3 Å². The number of nitrogens with one attached hydrogen (secondary N) is 2. The van der Waals surface area contributed by atoms with Crippen molar-refractivity contribution in [1.29, 1.82) is 0 Å². The highest BCUT2D eigenvalue weighted by Gasteiger charge is 2.14. The molecule has 1 aromatic heterocycles. The van der Waals surface area contributed by atoms with Crippen LogP contribution in [-0.4, -0.2) is 44.2 Å².